The largest absolute Gasteiger partial charge is 0.309 e. The summed E-state index contributed by atoms with van der Waals surface area (Å²) in [5.74, 6) is 0. The Hall–Kier alpha value is -7.98. The Labute approximate surface area is 375 Å². The van der Waals surface area contributed by atoms with Crippen LogP contribution in [0.4, 0.5) is 0 Å². The van der Waals surface area contributed by atoms with Gasteiger partial charge in [-0.25, -0.2) is 0 Å². The van der Waals surface area contributed by atoms with Crippen LogP contribution in [0.1, 0.15) is 6.85 Å². The van der Waals surface area contributed by atoms with Gasteiger partial charge in [0.15, 0.2) is 8.07 Å². The summed E-state index contributed by atoms with van der Waals surface area (Å²) in [6.07, 6.45) is 0. The van der Waals surface area contributed by atoms with Gasteiger partial charge in [0, 0.05) is 32.9 Å². The Balaban J connectivity index is 1.10. The maximum absolute atomic E-state index is 8.94. The van der Waals surface area contributed by atoms with E-state index in [4.69, 9.17) is 6.85 Å². The first-order valence-corrected chi connectivity index (χ1v) is 23.4. The second-order valence-corrected chi connectivity index (χ2v) is 19.9. The SMILES string of the molecule is [2H]c1c([2H])c([2H])c(-c2cccc3c2c2ccccc2n3-c2ccc3c(c2)c2c(-c4ccccc4)cccc2n3-c2ccc([Si](c3ccccc3)(c3ccccc3)c3ccccc3)cc2)c([2H])c1[2H]. The van der Waals surface area contributed by atoms with Gasteiger partial charge in [-0.3, -0.25) is 0 Å². The summed E-state index contributed by atoms with van der Waals surface area (Å²) < 4.78 is 47.8. The van der Waals surface area contributed by atoms with Crippen LogP contribution in [0.15, 0.2) is 255 Å². The predicted octanol–water partition coefficient (Wildman–Crippen LogP) is 12.6. The molecule has 0 bridgehead atoms. The van der Waals surface area contributed by atoms with Gasteiger partial charge < -0.3 is 9.13 Å². The summed E-state index contributed by atoms with van der Waals surface area (Å²) in [6.45, 7) is 0. The Morgan fingerprint density at radius 2 is 0.762 bits per heavy atom. The van der Waals surface area contributed by atoms with E-state index in [1.54, 1.807) is 0 Å². The summed E-state index contributed by atoms with van der Waals surface area (Å²) >= 11 is 0. The number of nitrogens with zero attached hydrogens (tertiary/aromatic N) is 2. The first-order chi connectivity index (χ1) is 33.4. The van der Waals surface area contributed by atoms with Crippen LogP contribution < -0.4 is 20.7 Å². The molecule has 0 amide bonds. The zero-order valence-corrected chi connectivity index (χ0v) is 35.3. The van der Waals surface area contributed by atoms with Crippen LogP contribution >= 0.6 is 0 Å². The van der Waals surface area contributed by atoms with Gasteiger partial charge in [-0.15, -0.1) is 0 Å². The van der Waals surface area contributed by atoms with Gasteiger partial charge in [0.2, 0.25) is 0 Å². The molecule has 0 fully saturated rings. The van der Waals surface area contributed by atoms with E-state index >= 15 is 0 Å². The molecule has 296 valence electrons. The van der Waals surface area contributed by atoms with Crippen molar-refractivity contribution in [3.8, 4) is 33.6 Å². The lowest BCUT2D eigenvalue weighted by molar-refractivity contribution is 1.17. The van der Waals surface area contributed by atoms with Gasteiger partial charge in [-0.2, -0.15) is 0 Å². The number of hydrogen-bond acceptors (Lipinski definition) is 0. The zero-order valence-electron chi connectivity index (χ0n) is 39.3. The molecule has 0 saturated carbocycles. The number of rotatable bonds is 8. The minimum absolute atomic E-state index is 0.192. The number of hydrogen-bond donors (Lipinski definition) is 0. The molecule has 12 aromatic rings. The van der Waals surface area contributed by atoms with Crippen molar-refractivity contribution in [1.29, 1.82) is 0 Å². The predicted molar refractivity (Wildman–Crippen MR) is 270 cm³/mol. The number of benzene rings is 10. The molecule has 0 unspecified atom stereocenters. The first kappa shape index (κ1) is 31.8. The molecule has 0 aliphatic carbocycles. The maximum atomic E-state index is 8.94. The van der Waals surface area contributed by atoms with Crippen molar-refractivity contribution in [3.05, 3.63) is 255 Å². The van der Waals surface area contributed by atoms with Gasteiger partial charge in [0.1, 0.15) is 0 Å². The molecular formula is C60H42N2Si. The third-order valence-corrected chi connectivity index (χ3v) is 17.6. The van der Waals surface area contributed by atoms with Crippen LogP contribution in [0.5, 0.6) is 0 Å². The van der Waals surface area contributed by atoms with Crippen LogP contribution in [0.3, 0.4) is 0 Å². The first-order valence-electron chi connectivity index (χ1n) is 23.9. The van der Waals surface area contributed by atoms with Crippen molar-refractivity contribution in [2.75, 3.05) is 0 Å². The molecule has 0 atom stereocenters. The molecule has 0 saturated heterocycles. The van der Waals surface area contributed by atoms with E-state index in [1.807, 2.05) is 24.3 Å². The second kappa shape index (κ2) is 15.2. The molecule has 0 aliphatic rings. The van der Waals surface area contributed by atoms with Crippen molar-refractivity contribution in [3.63, 3.8) is 0 Å². The summed E-state index contributed by atoms with van der Waals surface area (Å²) in [5, 5.41) is 9.27. The summed E-state index contributed by atoms with van der Waals surface area (Å²) in [4.78, 5) is 0. The topological polar surface area (TPSA) is 9.86 Å². The third-order valence-electron chi connectivity index (χ3n) is 12.8. The van der Waals surface area contributed by atoms with Gasteiger partial charge in [0.25, 0.3) is 0 Å². The Kier molecular flexibility index (Phi) is 7.67. The zero-order chi connectivity index (χ0) is 46.1. The van der Waals surface area contributed by atoms with Crippen LogP contribution in [-0.2, 0) is 0 Å². The standard InChI is InChI=1S/C60H42N2Si/c1-6-20-43(21-7-1)51-31-18-34-57-59(51)53-30-16-17-33-55(53)62(57)46-38-41-56-54(42-46)60-52(44-22-8-2-9-23-44)32-19-35-58(60)61(56)45-36-39-50(40-37-45)63(47-24-10-3-11-25-47,48-26-12-4-13-27-48)49-28-14-5-15-29-49/h1-42H/i1D,6D,7D,20D,21D. The van der Waals surface area contributed by atoms with E-state index in [0.29, 0.717) is 5.56 Å². The van der Waals surface area contributed by atoms with E-state index in [9.17, 15) is 0 Å². The average molecular weight is 824 g/mol. The molecule has 0 aliphatic heterocycles. The monoisotopic (exact) mass is 823 g/mol. The molecule has 2 aromatic heterocycles. The highest BCUT2D eigenvalue weighted by atomic mass is 28.3. The van der Waals surface area contributed by atoms with E-state index in [1.165, 1.54) is 20.7 Å². The number of aromatic nitrogens is 2. The lowest BCUT2D eigenvalue weighted by Crippen LogP contribution is -2.74. The molecule has 2 heterocycles. The Morgan fingerprint density at radius 1 is 0.317 bits per heavy atom. The molecular weight excluding hydrogens is 777 g/mol. The minimum atomic E-state index is -2.75. The van der Waals surface area contributed by atoms with Gasteiger partial charge in [-0.05, 0) is 91.5 Å². The molecule has 3 heteroatoms. The molecule has 63 heavy (non-hydrogen) atoms. The smallest absolute Gasteiger partial charge is 0.179 e. The Morgan fingerprint density at radius 3 is 1.37 bits per heavy atom. The molecule has 12 rings (SSSR count). The minimum Gasteiger partial charge on any atom is -0.309 e. The fourth-order valence-corrected chi connectivity index (χ4v) is 14.9. The van der Waals surface area contributed by atoms with E-state index < -0.39 is 14.1 Å². The summed E-state index contributed by atoms with van der Waals surface area (Å²) in [5.41, 5.74) is 9.05. The van der Waals surface area contributed by atoms with Gasteiger partial charge >= 0.3 is 0 Å². The Bertz CT molecular complexity index is 3760. The average Bonchev–Trinajstić information content (AvgIpc) is 3.92. The highest BCUT2D eigenvalue weighted by Crippen LogP contribution is 2.42. The molecule has 0 spiro atoms. The van der Waals surface area contributed by atoms with Crippen LogP contribution in [0.25, 0.3) is 77.2 Å². The van der Waals surface area contributed by atoms with Crippen molar-refractivity contribution in [2.45, 2.75) is 0 Å². The van der Waals surface area contributed by atoms with E-state index in [0.717, 1.165) is 66.1 Å². The fraction of sp³-hybridized carbons (Fsp3) is 0. The normalized spacial score (nSPS) is 12.9. The van der Waals surface area contributed by atoms with E-state index in [-0.39, 0.29) is 29.7 Å². The molecule has 2 nitrogen and oxygen atoms in total. The molecule has 0 radical (unpaired) electrons. The van der Waals surface area contributed by atoms with Gasteiger partial charge in [-0.1, -0.05) is 206 Å². The molecule has 10 aromatic carbocycles. The summed E-state index contributed by atoms with van der Waals surface area (Å²) in [6, 6.07) is 78.6. The summed E-state index contributed by atoms with van der Waals surface area (Å²) in [7, 11) is -2.75. The number of fused-ring (bicyclic) bond motifs is 6. The van der Waals surface area contributed by atoms with Gasteiger partial charge in [0.05, 0.1) is 28.9 Å². The highest BCUT2D eigenvalue weighted by molar-refractivity contribution is 7.19. The highest BCUT2D eigenvalue weighted by Gasteiger charge is 2.41. The lowest BCUT2D eigenvalue weighted by Gasteiger charge is -2.34. The maximum Gasteiger partial charge on any atom is 0.179 e. The van der Waals surface area contributed by atoms with Crippen LogP contribution in [0, 0.1) is 0 Å². The quantitative estimate of drug-likeness (QED) is 0.107. The molecule has 0 N–H and O–H groups in total. The van der Waals surface area contributed by atoms with Crippen molar-refractivity contribution >= 4 is 72.4 Å². The van der Waals surface area contributed by atoms with Crippen molar-refractivity contribution in [1.82, 2.24) is 9.13 Å². The fourth-order valence-electron chi connectivity index (χ4n) is 10.1. The van der Waals surface area contributed by atoms with Crippen molar-refractivity contribution < 1.29 is 6.85 Å². The number of para-hydroxylation sites is 1. The van der Waals surface area contributed by atoms with Crippen LogP contribution in [-0.4, -0.2) is 17.2 Å². The van der Waals surface area contributed by atoms with Crippen LogP contribution in [0.2, 0.25) is 0 Å². The lowest BCUT2D eigenvalue weighted by atomic mass is 9.99. The third kappa shape index (κ3) is 5.85. The second-order valence-electron chi connectivity index (χ2n) is 16.0. The van der Waals surface area contributed by atoms with Crippen molar-refractivity contribution in [2.24, 2.45) is 0 Å². The van der Waals surface area contributed by atoms with E-state index in [2.05, 4.69) is 209 Å².